The molecule has 0 aliphatic carbocycles. The molecule has 2 aromatic heterocycles. The highest BCUT2D eigenvalue weighted by atomic mass is 35.5. The standard InChI is InChI=1S/C19H24N4.2ClH/c1-5-18-20-9-10-22(18)12-16-13-23(14-21-16)17-8-6-7-15(11-17)19(2,3)4;;/h6-11,13-14H,5,12H2,1-4H3;2*1H. The monoisotopic (exact) mass is 380 g/mol. The average Bonchev–Trinajstić information content (AvgIpc) is 3.16. The first kappa shape index (κ1) is 21.3. The van der Waals surface area contributed by atoms with E-state index in [-0.39, 0.29) is 30.2 Å². The Morgan fingerprint density at radius 3 is 2.52 bits per heavy atom. The maximum atomic E-state index is 4.55. The fraction of sp³-hybridized carbons (Fsp3) is 0.368. The van der Waals surface area contributed by atoms with Crippen LogP contribution in [0.15, 0.2) is 49.2 Å². The summed E-state index contributed by atoms with van der Waals surface area (Å²) in [4.78, 5) is 8.91. The largest absolute Gasteiger partial charge is 0.329 e. The number of imidazole rings is 2. The van der Waals surface area contributed by atoms with E-state index in [9.17, 15) is 0 Å². The van der Waals surface area contributed by atoms with Gasteiger partial charge in [-0.25, -0.2) is 9.97 Å². The number of hydrogen-bond donors (Lipinski definition) is 0. The molecule has 0 N–H and O–H groups in total. The molecule has 1 aromatic carbocycles. The van der Waals surface area contributed by atoms with E-state index in [1.807, 2.05) is 18.7 Å². The van der Waals surface area contributed by atoms with Crippen LogP contribution in [0.5, 0.6) is 0 Å². The van der Waals surface area contributed by atoms with E-state index in [0.717, 1.165) is 30.2 Å². The summed E-state index contributed by atoms with van der Waals surface area (Å²) >= 11 is 0. The Hall–Kier alpha value is -1.78. The van der Waals surface area contributed by atoms with Crippen molar-refractivity contribution < 1.29 is 0 Å². The van der Waals surface area contributed by atoms with Crippen molar-refractivity contribution >= 4 is 24.8 Å². The minimum absolute atomic E-state index is 0. The van der Waals surface area contributed by atoms with Crippen molar-refractivity contribution in [1.82, 2.24) is 19.1 Å². The zero-order chi connectivity index (χ0) is 16.4. The van der Waals surface area contributed by atoms with Gasteiger partial charge in [-0.3, -0.25) is 0 Å². The normalized spacial score (nSPS) is 10.9. The number of aromatic nitrogens is 4. The third-order valence-corrected chi connectivity index (χ3v) is 4.10. The van der Waals surface area contributed by atoms with Crippen LogP contribution in [0.25, 0.3) is 5.69 Å². The second-order valence-corrected chi connectivity index (χ2v) is 6.90. The van der Waals surface area contributed by atoms with Gasteiger partial charge in [0.25, 0.3) is 0 Å². The average molecular weight is 381 g/mol. The zero-order valence-corrected chi connectivity index (χ0v) is 16.8. The van der Waals surface area contributed by atoms with Crippen molar-refractivity contribution in [2.75, 3.05) is 0 Å². The lowest BCUT2D eigenvalue weighted by Crippen LogP contribution is -2.11. The first-order chi connectivity index (χ1) is 11.0. The fourth-order valence-electron chi connectivity index (χ4n) is 2.69. The number of nitrogens with zero attached hydrogens (tertiary/aromatic N) is 4. The summed E-state index contributed by atoms with van der Waals surface area (Å²) in [6.45, 7) is 9.58. The Balaban J connectivity index is 0.00000156. The van der Waals surface area contributed by atoms with Crippen LogP contribution in [0.3, 0.4) is 0 Å². The molecule has 0 fully saturated rings. The van der Waals surface area contributed by atoms with Crippen molar-refractivity contribution in [3.05, 3.63) is 66.3 Å². The molecule has 136 valence electrons. The highest BCUT2D eigenvalue weighted by Gasteiger charge is 2.14. The van der Waals surface area contributed by atoms with Crippen LogP contribution in [0.1, 0.15) is 44.8 Å². The van der Waals surface area contributed by atoms with Crippen molar-refractivity contribution in [2.24, 2.45) is 0 Å². The van der Waals surface area contributed by atoms with E-state index in [2.05, 4.69) is 77.3 Å². The van der Waals surface area contributed by atoms with Crippen molar-refractivity contribution in [1.29, 1.82) is 0 Å². The van der Waals surface area contributed by atoms with Gasteiger partial charge in [-0.15, -0.1) is 24.8 Å². The molecule has 3 aromatic rings. The summed E-state index contributed by atoms with van der Waals surface area (Å²) < 4.78 is 4.24. The van der Waals surface area contributed by atoms with Gasteiger partial charge in [0.05, 0.1) is 18.6 Å². The van der Waals surface area contributed by atoms with Crippen molar-refractivity contribution in [3.8, 4) is 5.69 Å². The molecule has 0 radical (unpaired) electrons. The molecular formula is C19H26Cl2N4. The van der Waals surface area contributed by atoms with Gasteiger partial charge in [-0.1, -0.05) is 39.8 Å². The van der Waals surface area contributed by atoms with Gasteiger partial charge in [0, 0.05) is 30.7 Å². The minimum Gasteiger partial charge on any atom is -0.329 e. The van der Waals surface area contributed by atoms with Gasteiger partial charge in [-0.2, -0.15) is 0 Å². The van der Waals surface area contributed by atoms with Gasteiger partial charge in [-0.05, 0) is 23.1 Å². The predicted molar refractivity (Wildman–Crippen MR) is 107 cm³/mol. The highest BCUT2D eigenvalue weighted by Crippen LogP contribution is 2.24. The molecule has 0 saturated carbocycles. The third-order valence-electron chi connectivity index (χ3n) is 4.10. The predicted octanol–water partition coefficient (Wildman–Crippen LogP) is 4.82. The number of aryl methyl sites for hydroxylation is 1. The Kier molecular flexibility index (Phi) is 7.27. The minimum atomic E-state index is 0. The van der Waals surface area contributed by atoms with Gasteiger partial charge >= 0.3 is 0 Å². The SMILES string of the molecule is CCc1nccn1Cc1cn(-c2cccc(C(C)(C)C)c2)cn1.Cl.Cl. The number of halogens is 2. The lowest BCUT2D eigenvalue weighted by molar-refractivity contribution is 0.590. The van der Waals surface area contributed by atoms with E-state index in [1.54, 1.807) is 0 Å². The maximum absolute atomic E-state index is 4.55. The van der Waals surface area contributed by atoms with Crippen LogP contribution in [0.4, 0.5) is 0 Å². The molecule has 0 unspecified atom stereocenters. The molecule has 0 saturated heterocycles. The van der Waals surface area contributed by atoms with Gasteiger partial charge in [0.2, 0.25) is 0 Å². The molecule has 0 atom stereocenters. The quantitative estimate of drug-likeness (QED) is 0.650. The molecule has 25 heavy (non-hydrogen) atoms. The molecular weight excluding hydrogens is 355 g/mol. The van der Waals surface area contributed by atoms with E-state index in [1.165, 1.54) is 5.56 Å². The van der Waals surface area contributed by atoms with Crippen LogP contribution >= 0.6 is 24.8 Å². The Morgan fingerprint density at radius 2 is 1.84 bits per heavy atom. The molecule has 2 heterocycles. The van der Waals surface area contributed by atoms with Crippen LogP contribution in [-0.4, -0.2) is 19.1 Å². The second-order valence-electron chi connectivity index (χ2n) is 6.90. The molecule has 0 bridgehead atoms. The van der Waals surface area contributed by atoms with Crippen molar-refractivity contribution in [2.45, 2.75) is 46.1 Å². The van der Waals surface area contributed by atoms with Crippen LogP contribution in [0.2, 0.25) is 0 Å². The molecule has 0 spiro atoms. The summed E-state index contributed by atoms with van der Waals surface area (Å²) in [5, 5.41) is 0. The lowest BCUT2D eigenvalue weighted by Gasteiger charge is -2.19. The molecule has 3 rings (SSSR count). The van der Waals surface area contributed by atoms with E-state index in [0.29, 0.717) is 0 Å². The van der Waals surface area contributed by atoms with Crippen molar-refractivity contribution in [3.63, 3.8) is 0 Å². The molecule has 0 amide bonds. The third kappa shape index (κ3) is 4.86. The smallest absolute Gasteiger partial charge is 0.108 e. The maximum Gasteiger partial charge on any atom is 0.108 e. The molecule has 0 aliphatic heterocycles. The van der Waals surface area contributed by atoms with E-state index >= 15 is 0 Å². The molecule has 6 heteroatoms. The summed E-state index contributed by atoms with van der Waals surface area (Å²) in [5.74, 6) is 1.09. The zero-order valence-electron chi connectivity index (χ0n) is 15.1. The summed E-state index contributed by atoms with van der Waals surface area (Å²) in [5.41, 5.74) is 3.66. The van der Waals surface area contributed by atoms with Gasteiger partial charge in [0.15, 0.2) is 0 Å². The summed E-state index contributed by atoms with van der Waals surface area (Å²) in [6.07, 6.45) is 8.78. The number of benzene rings is 1. The summed E-state index contributed by atoms with van der Waals surface area (Å²) in [7, 11) is 0. The summed E-state index contributed by atoms with van der Waals surface area (Å²) in [6, 6.07) is 8.65. The van der Waals surface area contributed by atoms with Gasteiger partial charge in [0.1, 0.15) is 5.82 Å². The lowest BCUT2D eigenvalue weighted by atomic mass is 9.87. The fourth-order valence-corrected chi connectivity index (χ4v) is 2.69. The first-order valence-corrected chi connectivity index (χ1v) is 8.11. The Labute approximate surface area is 162 Å². The molecule has 4 nitrogen and oxygen atoms in total. The number of rotatable bonds is 4. The Morgan fingerprint density at radius 1 is 1.08 bits per heavy atom. The van der Waals surface area contributed by atoms with E-state index in [4.69, 9.17) is 0 Å². The second kappa shape index (κ2) is 8.54. The first-order valence-electron chi connectivity index (χ1n) is 8.11. The van der Waals surface area contributed by atoms with Crippen LogP contribution in [0, 0.1) is 0 Å². The van der Waals surface area contributed by atoms with Gasteiger partial charge < -0.3 is 9.13 Å². The van der Waals surface area contributed by atoms with E-state index < -0.39 is 0 Å². The van der Waals surface area contributed by atoms with Crippen LogP contribution in [-0.2, 0) is 18.4 Å². The Bertz CT molecular complexity index is 800. The van der Waals surface area contributed by atoms with Crippen LogP contribution < -0.4 is 0 Å². The molecule has 0 aliphatic rings. The number of hydrogen-bond acceptors (Lipinski definition) is 2. The topological polar surface area (TPSA) is 35.6 Å². The highest BCUT2D eigenvalue weighted by molar-refractivity contribution is 5.85.